The number of aromatic nitrogens is 5. The molecule has 4 N–H and O–H groups in total. The molecule has 1 amide bonds. The summed E-state index contributed by atoms with van der Waals surface area (Å²) in [5.41, 5.74) is 7.22. The average Bonchev–Trinajstić information content (AvgIpc) is 3.58. The van der Waals surface area contributed by atoms with Crippen LogP contribution in [0.4, 0.5) is 10.2 Å². The normalized spacial score (nSPS) is 17.6. The smallest absolute Gasteiger partial charge is 0.237 e. The van der Waals surface area contributed by atoms with Crippen LogP contribution in [0.3, 0.4) is 0 Å². The van der Waals surface area contributed by atoms with Gasteiger partial charge in [-0.1, -0.05) is 0 Å². The molecule has 0 saturated carbocycles. The first-order valence-electron chi connectivity index (χ1n) is 14.0. The molecule has 0 bridgehead atoms. The molecule has 6 rings (SSSR count). The topological polar surface area (TPSA) is 142 Å². The number of aliphatic hydroxyl groups excluding tert-OH is 1. The highest BCUT2D eigenvalue weighted by molar-refractivity contribution is 5.95. The first-order chi connectivity index (χ1) is 19.8. The number of morpholine rings is 1. The molecule has 2 saturated heterocycles. The molecule has 218 valence electrons. The number of fused-ring (bicyclic) bond motifs is 2. The van der Waals surface area contributed by atoms with Gasteiger partial charge in [-0.25, -0.2) is 19.3 Å². The van der Waals surface area contributed by atoms with Gasteiger partial charge in [0.1, 0.15) is 11.6 Å². The summed E-state index contributed by atoms with van der Waals surface area (Å²) in [4.78, 5) is 36.4. The summed E-state index contributed by atoms with van der Waals surface area (Å²) in [6.07, 6.45) is 1.77. The molecule has 2 aliphatic heterocycles. The fraction of sp³-hybridized carbons (Fsp3) is 0.500. The monoisotopic (exact) mass is 565 g/mol. The van der Waals surface area contributed by atoms with Gasteiger partial charge in [-0.2, -0.15) is 0 Å². The third-order valence-electron chi connectivity index (χ3n) is 8.33. The van der Waals surface area contributed by atoms with Crippen molar-refractivity contribution >= 4 is 33.8 Å². The van der Waals surface area contributed by atoms with E-state index in [0.29, 0.717) is 73.9 Å². The van der Waals surface area contributed by atoms with Crippen LogP contribution in [-0.2, 0) is 22.6 Å². The second-order valence-electron chi connectivity index (χ2n) is 11.1. The lowest BCUT2D eigenvalue weighted by atomic mass is 10.0. The van der Waals surface area contributed by atoms with Gasteiger partial charge in [-0.05, 0) is 32.0 Å². The zero-order valence-corrected chi connectivity index (χ0v) is 23.4. The number of carbonyl (C=O) groups excluding carboxylic acids is 1. The number of anilines is 1. The first kappa shape index (κ1) is 27.5. The van der Waals surface area contributed by atoms with Crippen LogP contribution in [0.15, 0.2) is 24.4 Å². The minimum atomic E-state index is -0.716. The van der Waals surface area contributed by atoms with Gasteiger partial charge < -0.3 is 30.0 Å². The maximum absolute atomic E-state index is 15.4. The van der Waals surface area contributed by atoms with E-state index in [1.54, 1.807) is 12.3 Å². The van der Waals surface area contributed by atoms with E-state index in [4.69, 9.17) is 25.4 Å². The molecule has 41 heavy (non-hydrogen) atoms. The number of hydrogen-bond acceptors (Lipinski definition) is 9. The van der Waals surface area contributed by atoms with E-state index in [1.165, 1.54) is 6.07 Å². The number of imidazole rings is 1. The Bertz CT molecular complexity index is 1570. The average molecular weight is 566 g/mol. The van der Waals surface area contributed by atoms with Crippen molar-refractivity contribution in [2.45, 2.75) is 32.5 Å². The van der Waals surface area contributed by atoms with Crippen LogP contribution < -0.4 is 10.6 Å². The Morgan fingerprint density at radius 2 is 1.85 bits per heavy atom. The second-order valence-corrected chi connectivity index (χ2v) is 11.1. The van der Waals surface area contributed by atoms with Crippen LogP contribution in [0.2, 0.25) is 0 Å². The van der Waals surface area contributed by atoms with Gasteiger partial charge in [0.2, 0.25) is 5.91 Å². The number of nitrogens with two attached hydrogens (primary N) is 1. The molecule has 4 aromatic rings. The summed E-state index contributed by atoms with van der Waals surface area (Å²) < 4.78 is 22.9. The number of halogens is 1. The Morgan fingerprint density at radius 1 is 1.10 bits per heavy atom. The van der Waals surface area contributed by atoms with Crippen molar-refractivity contribution in [2.24, 2.45) is 5.73 Å². The fourth-order valence-corrected chi connectivity index (χ4v) is 5.75. The molecule has 0 aliphatic carbocycles. The number of carbonyl (C=O) groups is 1. The van der Waals surface area contributed by atoms with Crippen molar-refractivity contribution in [3.05, 3.63) is 36.0 Å². The highest BCUT2D eigenvalue weighted by atomic mass is 19.1. The minimum Gasteiger partial charge on any atom is -0.395 e. The maximum atomic E-state index is 15.4. The van der Waals surface area contributed by atoms with Crippen LogP contribution in [0, 0.1) is 5.82 Å². The zero-order valence-electron chi connectivity index (χ0n) is 23.4. The first-order valence-corrected chi connectivity index (χ1v) is 14.0. The van der Waals surface area contributed by atoms with Gasteiger partial charge in [-0.3, -0.25) is 14.6 Å². The van der Waals surface area contributed by atoms with Crippen LogP contribution >= 0.6 is 0 Å². The predicted octanol–water partition coefficient (Wildman–Crippen LogP) is 1.32. The number of nitrogens with zero attached hydrogens (tertiary/aromatic N) is 7. The van der Waals surface area contributed by atoms with E-state index in [-0.39, 0.29) is 24.9 Å². The number of aliphatic hydroxyl groups is 1. The Morgan fingerprint density at radius 3 is 2.56 bits per heavy atom. The largest absolute Gasteiger partial charge is 0.395 e. The lowest BCUT2D eigenvalue weighted by Gasteiger charge is -2.42. The van der Waals surface area contributed by atoms with Crippen LogP contribution in [0.5, 0.6) is 0 Å². The Kier molecular flexibility index (Phi) is 7.36. The number of benzene rings is 1. The fourth-order valence-electron chi connectivity index (χ4n) is 5.75. The highest BCUT2D eigenvalue weighted by Gasteiger charge is 2.35. The lowest BCUT2D eigenvalue weighted by molar-refractivity contribution is -0.129. The number of nitrogens with one attached hydrogen (secondary N) is 1. The van der Waals surface area contributed by atoms with Gasteiger partial charge >= 0.3 is 0 Å². The molecule has 0 spiro atoms. The maximum Gasteiger partial charge on any atom is 0.237 e. The number of primary amides is 1. The number of aromatic amines is 1. The Hall–Kier alpha value is -3.65. The number of hydrogen-bond donors (Lipinski definition) is 3. The summed E-state index contributed by atoms with van der Waals surface area (Å²) in [7, 11) is 0. The van der Waals surface area contributed by atoms with Gasteiger partial charge in [0.15, 0.2) is 22.8 Å². The highest BCUT2D eigenvalue weighted by Crippen LogP contribution is 2.34. The number of amides is 1. The third kappa shape index (κ3) is 5.03. The molecular formula is C28H36FN9O3. The molecule has 13 heteroatoms. The predicted molar refractivity (Wildman–Crippen MR) is 153 cm³/mol. The van der Waals surface area contributed by atoms with E-state index < -0.39 is 11.4 Å². The molecule has 5 heterocycles. The SMILES string of the molecule is CC(C)(C(N)=O)N1CCN(Cc2nc3c(N4CCOCC4)nc(-c4c(F)ccc5[nH]ccc45)nc3n2CCO)CC1. The second kappa shape index (κ2) is 11.0. The standard InChI is InChI=1S/C28H36FN9O3/c1-28(2,27(30)40)37-9-7-35(8-10-37)17-21-32-23-25(36-12-15-41-16-13-36)33-24(34-26(23)38(21)11-14-39)22-18-5-6-31-20(18)4-3-19(22)29/h3-6,31,39H,7-17H2,1-2H3,(H2,30,40). The number of ether oxygens (including phenoxy) is 1. The number of piperazine rings is 1. The van der Waals surface area contributed by atoms with Crippen molar-refractivity contribution < 1.29 is 19.0 Å². The summed E-state index contributed by atoms with van der Waals surface area (Å²) in [6.45, 7) is 9.63. The molecular weight excluding hydrogens is 529 g/mol. The van der Waals surface area contributed by atoms with Crippen molar-refractivity contribution in [3.63, 3.8) is 0 Å². The molecule has 0 radical (unpaired) electrons. The van der Waals surface area contributed by atoms with Crippen molar-refractivity contribution in [1.82, 2.24) is 34.3 Å². The van der Waals surface area contributed by atoms with Gasteiger partial charge in [0.05, 0.1) is 37.5 Å². The quantitative estimate of drug-likeness (QED) is 0.288. The van der Waals surface area contributed by atoms with E-state index in [0.717, 1.165) is 24.4 Å². The minimum absolute atomic E-state index is 0.104. The summed E-state index contributed by atoms with van der Waals surface area (Å²) in [6, 6.07) is 4.95. The van der Waals surface area contributed by atoms with Crippen molar-refractivity contribution in [1.29, 1.82) is 0 Å². The zero-order chi connectivity index (χ0) is 28.7. The number of rotatable bonds is 8. The molecule has 1 aromatic carbocycles. The van der Waals surface area contributed by atoms with E-state index in [9.17, 15) is 9.90 Å². The molecule has 12 nitrogen and oxygen atoms in total. The number of H-pyrrole nitrogens is 1. The Labute approximate surface area is 236 Å². The van der Waals surface area contributed by atoms with Crippen molar-refractivity contribution in [2.75, 3.05) is 64.0 Å². The molecule has 2 fully saturated rings. The molecule has 0 unspecified atom stereocenters. The van der Waals surface area contributed by atoms with Crippen LogP contribution in [0.1, 0.15) is 19.7 Å². The van der Waals surface area contributed by atoms with E-state index in [1.807, 2.05) is 24.5 Å². The molecule has 3 aromatic heterocycles. The molecule has 2 aliphatic rings. The van der Waals surface area contributed by atoms with Gasteiger partial charge in [0, 0.05) is 62.9 Å². The van der Waals surface area contributed by atoms with Crippen LogP contribution in [-0.4, -0.2) is 110 Å². The molecule has 0 atom stereocenters. The van der Waals surface area contributed by atoms with E-state index >= 15 is 4.39 Å². The van der Waals surface area contributed by atoms with Gasteiger partial charge in [-0.15, -0.1) is 0 Å². The summed E-state index contributed by atoms with van der Waals surface area (Å²) >= 11 is 0. The lowest BCUT2D eigenvalue weighted by Crippen LogP contribution is -2.59. The van der Waals surface area contributed by atoms with E-state index in [2.05, 4.69) is 19.7 Å². The van der Waals surface area contributed by atoms with Crippen LogP contribution in [0.25, 0.3) is 33.5 Å². The van der Waals surface area contributed by atoms with Crippen molar-refractivity contribution in [3.8, 4) is 11.4 Å². The summed E-state index contributed by atoms with van der Waals surface area (Å²) in [5, 5.41) is 10.7. The summed E-state index contributed by atoms with van der Waals surface area (Å²) in [5.74, 6) is 0.904. The Balaban J connectivity index is 1.42. The third-order valence-corrected chi connectivity index (χ3v) is 8.33. The van der Waals surface area contributed by atoms with Gasteiger partial charge in [0.25, 0.3) is 0 Å².